The maximum absolute atomic E-state index is 12.2. The van der Waals surface area contributed by atoms with Crippen LogP contribution in [0.2, 0.25) is 0 Å². The SMILES string of the molecule is CCCCCCCCCNC(=NC)NCC(=O)N(C)CCc1ccccn1. The van der Waals surface area contributed by atoms with E-state index in [1.165, 1.54) is 38.5 Å². The number of guanidine groups is 1. The van der Waals surface area contributed by atoms with Crippen molar-refractivity contribution in [3.05, 3.63) is 30.1 Å². The van der Waals surface area contributed by atoms with Crippen LogP contribution >= 0.6 is 0 Å². The van der Waals surface area contributed by atoms with Crippen molar-refractivity contribution in [2.75, 3.05) is 33.7 Å². The normalized spacial score (nSPS) is 11.3. The highest BCUT2D eigenvalue weighted by atomic mass is 16.2. The Morgan fingerprint density at radius 3 is 2.52 bits per heavy atom. The van der Waals surface area contributed by atoms with E-state index in [9.17, 15) is 4.79 Å². The molecule has 1 aromatic rings. The standard InChI is InChI=1S/C21H37N5O/c1-4-5-6-7-8-9-11-16-24-21(22-2)25-18-20(27)26(3)17-14-19-13-10-12-15-23-19/h10,12-13,15H,4-9,11,14,16-18H2,1-3H3,(H2,22,24,25). The highest BCUT2D eigenvalue weighted by Gasteiger charge is 2.09. The maximum Gasteiger partial charge on any atom is 0.241 e. The molecule has 0 saturated heterocycles. The van der Waals surface area contributed by atoms with Crippen LogP contribution in [-0.2, 0) is 11.2 Å². The van der Waals surface area contributed by atoms with Gasteiger partial charge in [-0.3, -0.25) is 14.8 Å². The van der Waals surface area contributed by atoms with Crippen LogP contribution in [-0.4, -0.2) is 55.5 Å². The Hall–Kier alpha value is -2.11. The van der Waals surface area contributed by atoms with Gasteiger partial charge in [0.25, 0.3) is 0 Å². The van der Waals surface area contributed by atoms with Crippen molar-refractivity contribution >= 4 is 11.9 Å². The van der Waals surface area contributed by atoms with E-state index in [4.69, 9.17) is 0 Å². The Morgan fingerprint density at radius 1 is 1.11 bits per heavy atom. The highest BCUT2D eigenvalue weighted by molar-refractivity contribution is 5.86. The van der Waals surface area contributed by atoms with Gasteiger partial charge in [0.2, 0.25) is 5.91 Å². The molecule has 152 valence electrons. The monoisotopic (exact) mass is 375 g/mol. The molecule has 1 heterocycles. The lowest BCUT2D eigenvalue weighted by Gasteiger charge is -2.18. The number of aromatic nitrogens is 1. The molecule has 0 unspecified atom stereocenters. The molecule has 0 aliphatic carbocycles. The summed E-state index contributed by atoms with van der Waals surface area (Å²) in [6.45, 7) is 4.03. The fourth-order valence-corrected chi connectivity index (χ4v) is 2.76. The van der Waals surface area contributed by atoms with Crippen LogP contribution in [0.3, 0.4) is 0 Å². The molecule has 0 saturated carbocycles. The van der Waals surface area contributed by atoms with E-state index in [2.05, 4.69) is 27.5 Å². The molecule has 6 heteroatoms. The Kier molecular flexibility index (Phi) is 12.7. The average Bonchev–Trinajstić information content (AvgIpc) is 2.70. The number of pyridine rings is 1. The molecule has 1 aromatic heterocycles. The topological polar surface area (TPSA) is 69.6 Å². The molecule has 6 nitrogen and oxygen atoms in total. The van der Waals surface area contributed by atoms with Crippen molar-refractivity contribution in [1.29, 1.82) is 0 Å². The van der Waals surface area contributed by atoms with Crippen molar-refractivity contribution in [2.45, 2.75) is 58.3 Å². The number of carbonyl (C=O) groups is 1. The first-order valence-corrected chi connectivity index (χ1v) is 10.3. The third-order valence-electron chi connectivity index (χ3n) is 4.56. The van der Waals surface area contributed by atoms with Crippen molar-refractivity contribution in [3.63, 3.8) is 0 Å². The number of rotatable bonds is 13. The summed E-state index contributed by atoms with van der Waals surface area (Å²) in [4.78, 5) is 22.4. The number of aliphatic imine (C=N–C) groups is 1. The quantitative estimate of drug-likeness (QED) is 0.316. The predicted molar refractivity (Wildman–Crippen MR) is 113 cm³/mol. The van der Waals surface area contributed by atoms with Crippen molar-refractivity contribution < 1.29 is 4.79 Å². The van der Waals surface area contributed by atoms with Gasteiger partial charge in [-0.1, -0.05) is 51.5 Å². The Balaban J connectivity index is 2.13. The van der Waals surface area contributed by atoms with Gasteiger partial charge in [-0.05, 0) is 18.6 Å². The lowest BCUT2D eigenvalue weighted by Crippen LogP contribution is -2.44. The number of hydrogen-bond acceptors (Lipinski definition) is 3. The minimum absolute atomic E-state index is 0.0461. The zero-order valence-corrected chi connectivity index (χ0v) is 17.3. The fourth-order valence-electron chi connectivity index (χ4n) is 2.76. The second kappa shape index (κ2) is 15.0. The first kappa shape index (κ1) is 22.9. The predicted octanol–water partition coefficient (Wildman–Crippen LogP) is 3.00. The lowest BCUT2D eigenvalue weighted by molar-refractivity contribution is -0.128. The Labute approximate surface area is 164 Å². The van der Waals surface area contributed by atoms with Crippen LogP contribution in [0.15, 0.2) is 29.4 Å². The summed E-state index contributed by atoms with van der Waals surface area (Å²) in [6, 6.07) is 5.84. The largest absolute Gasteiger partial charge is 0.356 e. The molecule has 0 fully saturated rings. The number of unbranched alkanes of at least 4 members (excludes halogenated alkanes) is 6. The van der Waals surface area contributed by atoms with Gasteiger partial charge in [0.1, 0.15) is 0 Å². The van der Waals surface area contributed by atoms with Crippen LogP contribution < -0.4 is 10.6 Å². The lowest BCUT2D eigenvalue weighted by atomic mass is 10.1. The summed E-state index contributed by atoms with van der Waals surface area (Å²) in [5, 5.41) is 6.38. The molecule has 0 spiro atoms. The molecular formula is C21H37N5O. The average molecular weight is 376 g/mol. The number of nitrogens with zero attached hydrogens (tertiary/aromatic N) is 3. The zero-order chi connectivity index (χ0) is 19.7. The minimum atomic E-state index is 0.0461. The van der Waals surface area contributed by atoms with Gasteiger partial charge in [0.15, 0.2) is 5.96 Å². The number of nitrogens with one attached hydrogen (secondary N) is 2. The second-order valence-electron chi connectivity index (χ2n) is 6.86. The first-order chi connectivity index (χ1) is 13.2. The molecule has 2 N–H and O–H groups in total. The summed E-state index contributed by atoms with van der Waals surface area (Å²) >= 11 is 0. The number of hydrogen-bond donors (Lipinski definition) is 2. The van der Waals surface area contributed by atoms with Gasteiger partial charge in [-0.2, -0.15) is 0 Å². The smallest absolute Gasteiger partial charge is 0.241 e. The highest BCUT2D eigenvalue weighted by Crippen LogP contribution is 2.06. The van der Waals surface area contributed by atoms with E-state index in [0.29, 0.717) is 12.5 Å². The maximum atomic E-state index is 12.2. The molecule has 0 aliphatic heterocycles. The Bertz CT molecular complexity index is 533. The van der Waals surface area contributed by atoms with Crippen LogP contribution in [0.25, 0.3) is 0 Å². The van der Waals surface area contributed by atoms with E-state index in [1.54, 1.807) is 18.1 Å². The summed E-state index contributed by atoms with van der Waals surface area (Å²) in [5.41, 5.74) is 0.997. The summed E-state index contributed by atoms with van der Waals surface area (Å²) < 4.78 is 0. The number of amides is 1. The van der Waals surface area contributed by atoms with Gasteiger partial charge in [-0.25, -0.2) is 0 Å². The second-order valence-corrected chi connectivity index (χ2v) is 6.86. The van der Waals surface area contributed by atoms with E-state index in [-0.39, 0.29) is 12.5 Å². The van der Waals surface area contributed by atoms with Crippen molar-refractivity contribution in [2.24, 2.45) is 4.99 Å². The van der Waals surface area contributed by atoms with Crippen LogP contribution in [0.4, 0.5) is 0 Å². The van der Waals surface area contributed by atoms with Crippen molar-refractivity contribution in [1.82, 2.24) is 20.5 Å². The summed E-state index contributed by atoms with van der Waals surface area (Å²) in [7, 11) is 3.55. The van der Waals surface area contributed by atoms with E-state index >= 15 is 0 Å². The number of likely N-dealkylation sites (N-methyl/N-ethyl adjacent to an activating group) is 1. The van der Waals surface area contributed by atoms with Crippen LogP contribution in [0, 0.1) is 0 Å². The van der Waals surface area contributed by atoms with Gasteiger partial charge < -0.3 is 15.5 Å². The van der Waals surface area contributed by atoms with E-state index < -0.39 is 0 Å². The van der Waals surface area contributed by atoms with E-state index in [0.717, 1.165) is 25.1 Å². The van der Waals surface area contributed by atoms with Crippen LogP contribution in [0.1, 0.15) is 57.6 Å². The van der Waals surface area contributed by atoms with Crippen molar-refractivity contribution in [3.8, 4) is 0 Å². The van der Waals surface area contributed by atoms with Gasteiger partial charge in [0, 0.05) is 45.5 Å². The third-order valence-corrected chi connectivity index (χ3v) is 4.56. The molecule has 0 aliphatic rings. The summed E-state index contributed by atoms with van der Waals surface area (Å²) in [5.74, 6) is 0.734. The zero-order valence-electron chi connectivity index (χ0n) is 17.3. The molecule has 0 aromatic carbocycles. The third kappa shape index (κ3) is 11.3. The van der Waals surface area contributed by atoms with Gasteiger partial charge in [0.05, 0.1) is 6.54 Å². The van der Waals surface area contributed by atoms with Gasteiger partial charge >= 0.3 is 0 Å². The fraction of sp³-hybridized carbons (Fsp3) is 0.667. The van der Waals surface area contributed by atoms with Gasteiger partial charge in [-0.15, -0.1) is 0 Å². The van der Waals surface area contributed by atoms with Crippen LogP contribution in [0.5, 0.6) is 0 Å². The number of carbonyl (C=O) groups excluding carboxylic acids is 1. The Morgan fingerprint density at radius 2 is 1.85 bits per heavy atom. The molecule has 1 rings (SSSR count). The van der Waals surface area contributed by atoms with E-state index in [1.807, 2.05) is 25.2 Å². The molecule has 27 heavy (non-hydrogen) atoms. The molecule has 0 atom stereocenters. The molecule has 1 amide bonds. The molecule has 0 radical (unpaired) electrons. The summed E-state index contributed by atoms with van der Waals surface area (Å²) in [6.07, 6.45) is 11.5. The first-order valence-electron chi connectivity index (χ1n) is 10.3. The minimum Gasteiger partial charge on any atom is -0.356 e. The molecule has 0 bridgehead atoms. The molecular weight excluding hydrogens is 338 g/mol.